The van der Waals surface area contributed by atoms with E-state index in [1.807, 2.05) is 0 Å². The summed E-state index contributed by atoms with van der Waals surface area (Å²) in [6.07, 6.45) is 23.3. The van der Waals surface area contributed by atoms with Crippen molar-refractivity contribution in [3.63, 3.8) is 0 Å². The predicted octanol–water partition coefficient (Wildman–Crippen LogP) is 6.22. The van der Waals surface area contributed by atoms with Gasteiger partial charge in [-0.05, 0) is 32.4 Å². The molecule has 0 aromatic heterocycles. The quantitative estimate of drug-likeness (QED) is 0.260. The van der Waals surface area contributed by atoms with Gasteiger partial charge in [0, 0.05) is 6.61 Å². The van der Waals surface area contributed by atoms with E-state index in [1.165, 1.54) is 116 Å². The minimum Gasteiger partial charge on any atom is -0.396 e. The molecule has 0 fully saturated rings. The Balaban J connectivity index is 2.92. The molecule has 0 atom stereocenters. The Morgan fingerprint density at radius 1 is 0.478 bits per heavy atom. The Morgan fingerprint density at radius 3 is 1.17 bits per heavy atom. The molecule has 2 heteroatoms. The zero-order valence-electron chi connectivity index (χ0n) is 16.1. The second-order valence-corrected chi connectivity index (χ2v) is 7.13. The molecule has 0 aliphatic heterocycles. The molecule has 0 aliphatic rings. The average molecular weight is 328 g/mol. The number of aliphatic hydroxyl groups excluding tert-OH is 1. The second-order valence-electron chi connectivity index (χ2n) is 7.13. The standard InChI is InChI=1S/C21H45NO/c1-2-19-22-20-17-15-13-11-9-7-5-3-4-6-8-10-12-14-16-18-21-23/h22-23H,2-21H2,1H3. The molecular formula is C21H45NO. The van der Waals surface area contributed by atoms with Crippen molar-refractivity contribution in [1.29, 1.82) is 0 Å². The highest BCUT2D eigenvalue weighted by molar-refractivity contribution is 4.51. The lowest BCUT2D eigenvalue weighted by molar-refractivity contribution is 0.282. The first kappa shape index (κ1) is 22.9. The van der Waals surface area contributed by atoms with Crippen LogP contribution in [0.2, 0.25) is 0 Å². The summed E-state index contributed by atoms with van der Waals surface area (Å²) in [6.45, 7) is 5.00. The van der Waals surface area contributed by atoms with Crippen LogP contribution in [0, 0.1) is 0 Å². The van der Waals surface area contributed by atoms with Gasteiger partial charge in [-0.25, -0.2) is 0 Å². The summed E-state index contributed by atoms with van der Waals surface area (Å²) in [5.41, 5.74) is 0. The van der Waals surface area contributed by atoms with Crippen molar-refractivity contribution in [3.05, 3.63) is 0 Å². The Hall–Kier alpha value is -0.0800. The molecule has 0 amide bonds. The predicted molar refractivity (Wildman–Crippen MR) is 104 cm³/mol. The van der Waals surface area contributed by atoms with E-state index < -0.39 is 0 Å². The van der Waals surface area contributed by atoms with Crippen molar-refractivity contribution in [1.82, 2.24) is 5.32 Å². The number of rotatable bonds is 20. The van der Waals surface area contributed by atoms with E-state index in [4.69, 9.17) is 5.11 Å². The second kappa shape index (κ2) is 21.9. The normalized spacial score (nSPS) is 11.2. The molecule has 2 nitrogen and oxygen atoms in total. The lowest BCUT2D eigenvalue weighted by Crippen LogP contribution is -2.15. The molecule has 0 aromatic rings. The molecule has 0 unspecified atom stereocenters. The third kappa shape index (κ3) is 21.9. The molecule has 140 valence electrons. The Morgan fingerprint density at radius 2 is 0.826 bits per heavy atom. The summed E-state index contributed by atoms with van der Waals surface area (Å²) in [5.74, 6) is 0. The fourth-order valence-corrected chi connectivity index (χ4v) is 3.14. The van der Waals surface area contributed by atoms with Crippen molar-refractivity contribution >= 4 is 0 Å². The number of unbranched alkanes of at least 4 members (excludes halogenated alkanes) is 15. The molecule has 2 N–H and O–H groups in total. The van der Waals surface area contributed by atoms with Crippen LogP contribution in [0.4, 0.5) is 0 Å². The molecule has 23 heavy (non-hydrogen) atoms. The molecule has 0 aromatic carbocycles. The van der Waals surface area contributed by atoms with Crippen LogP contribution in [0.1, 0.15) is 116 Å². The number of hydrogen-bond acceptors (Lipinski definition) is 2. The van der Waals surface area contributed by atoms with Crippen LogP contribution < -0.4 is 5.32 Å². The largest absolute Gasteiger partial charge is 0.396 e. The molecule has 0 heterocycles. The van der Waals surface area contributed by atoms with Gasteiger partial charge in [-0.1, -0.05) is 96.8 Å². The Kier molecular flexibility index (Phi) is 21.8. The first-order valence-electron chi connectivity index (χ1n) is 10.7. The molecule has 0 aliphatic carbocycles. The van der Waals surface area contributed by atoms with Gasteiger partial charge >= 0.3 is 0 Å². The maximum absolute atomic E-state index is 8.71. The number of hydrogen-bond donors (Lipinski definition) is 2. The van der Waals surface area contributed by atoms with Crippen LogP contribution in [0.3, 0.4) is 0 Å². The van der Waals surface area contributed by atoms with E-state index in [2.05, 4.69) is 12.2 Å². The van der Waals surface area contributed by atoms with Crippen molar-refractivity contribution in [2.75, 3.05) is 19.7 Å². The van der Waals surface area contributed by atoms with Gasteiger partial charge in [0.05, 0.1) is 0 Å². The van der Waals surface area contributed by atoms with Gasteiger partial charge in [0.1, 0.15) is 0 Å². The van der Waals surface area contributed by atoms with Gasteiger partial charge in [0.25, 0.3) is 0 Å². The molecule has 0 radical (unpaired) electrons. The highest BCUT2D eigenvalue weighted by Gasteiger charge is 1.94. The summed E-state index contributed by atoms with van der Waals surface area (Å²) >= 11 is 0. The molecule has 0 saturated carbocycles. The summed E-state index contributed by atoms with van der Waals surface area (Å²) in [5, 5.41) is 12.2. The van der Waals surface area contributed by atoms with E-state index in [-0.39, 0.29) is 0 Å². The Labute approximate surface area is 146 Å². The number of aliphatic hydroxyl groups is 1. The maximum atomic E-state index is 8.71. The van der Waals surface area contributed by atoms with Gasteiger partial charge in [0.15, 0.2) is 0 Å². The van der Waals surface area contributed by atoms with Gasteiger partial charge in [0.2, 0.25) is 0 Å². The zero-order chi connectivity index (χ0) is 16.8. The SMILES string of the molecule is CCCNCCCCCCCCCCCCCCCCCCO. The van der Waals surface area contributed by atoms with Crippen molar-refractivity contribution in [3.8, 4) is 0 Å². The molecular weight excluding hydrogens is 282 g/mol. The van der Waals surface area contributed by atoms with Crippen LogP contribution in [0.25, 0.3) is 0 Å². The summed E-state index contributed by atoms with van der Waals surface area (Å²) < 4.78 is 0. The molecule has 0 saturated heterocycles. The molecule has 0 rings (SSSR count). The lowest BCUT2D eigenvalue weighted by Gasteiger charge is -2.04. The van der Waals surface area contributed by atoms with Crippen molar-refractivity contribution < 1.29 is 5.11 Å². The van der Waals surface area contributed by atoms with E-state index in [0.717, 1.165) is 6.42 Å². The van der Waals surface area contributed by atoms with Gasteiger partial charge < -0.3 is 10.4 Å². The van der Waals surface area contributed by atoms with Crippen LogP contribution >= 0.6 is 0 Å². The van der Waals surface area contributed by atoms with E-state index in [0.29, 0.717) is 6.61 Å². The minimum absolute atomic E-state index is 0.371. The van der Waals surface area contributed by atoms with Crippen molar-refractivity contribution in [2.24, 2.45) is 0 Å². The molecule has 0 spiro atoms. The smallest absolute Gasteiger partial charge is 0.0431 e. The molecule has 0 bridgehead atoms. The third-order valence-electron chi connectivity index (χ3n) is 4.69. The minimum atomic E-state index is 0.371. The average Bonchev–Trinajstić information content (AvgIpc) is 2.57. The van der Waals surface area contributed by atoms with E-state index >= 15 is 0 Å². The van der Waals surface area contributed by atoms with Crippen LogP contribution in [0.5, 0.6) is 0 Å². The first-order valence-corrected chi connectivity index (χ1v) is 10.7. The summed E-state index contributed by atoms with van der Waals surface area (Å²) in [7, 11) is 0. The highest BCUT2D eigenvalue weighted by atomic mass is 16.2. The summed E-state index contributed by atoms with van der Waals surface area (Å²) in [6, 6.07) is 0. The zero-order valence-corrected chi connectivity index (χ0v) is 16.1. The fraction of sp³-hybridized carbons (Fsp3) is 1.00. The highest BCUT2D eigenvalue weighted by Crippen LogP contribution is 2.13. The van der Waals surface area contributed by atoms with E-state index in [9.17, 15) is 0 Å². The fourth-order valence-electron chi connectivity index (χ4n) is 3.14. The first-order chi connectivity index (χ1) is 11.4. The maximum Gasteiger partial charge on any atom is 0.0431 e. The number of nitrogens with one attached hydrogen (secondary N) is 1. The van der Waals surface area contributed by atoms with Gasteiger partial charge in [-0.15, -0.1) is 0 Å². The summed E-state index contributed by atoms with van der Waals surface area (Å²) in [4.78, 5) is 0. The Bertz CT molecular complexity index is 176. The lowest BCUT2D eigenvalue weighted by atomic mass is 10.0. The third-order valence-corrected chi connectivity index (χ3v) is 4.69. The van der Waals surface area contributed by atoms with Gasteiger partial charge in [-0.3, -0.25) is 0 Å². The van der Waals surface area contributed by atoms with Crippen LogP contribution in [0.15, 0.2) is 0 Å². The van der Waals surface area contributed by atoms with E-state index in [1.54, 1.807) is 0 Å². The monoisotopic (exact) mass is 327 g/mol. The topological polar surface area (TPSA) is 32.3 Å². The van der Waals surface area contributed by atoms with Crippen molar-refractivity contribution in [2.45, 2.75) is 116 Å². The van der Waals surface area contributed by atoms with Gasteiger partial charge in [-0.2, -0.15) is 0 Å². The van der Waals surface area contributed by atoms with Crippen LogP contribution in [-0.4, -0.2) is 24.8 Å². The van der Waals surface area contributed by atoms with Crippen LogP contribution in [-0.2, 0) is 0 Å².